The Hall–Kier alpha value is -2.88. The molecule has 0 spiro atoms. The quantitative estimate of drug-likeness (QED) is 0.728. The first-order valence-corrected chi connectivity index (χ1v) is 10.5. The van der Waals surface area contributed by atoms with E-state index in [4.69, 9.17) is 9.26 Å². The average molecular weight is 407 g/mol. The van der Waals surface area contributed by atoms with Crippen LogP contribution in [0.3, 0.4) is 0 Å². The number of rotatable bonds is 6. The fourth-order valence-corrected chi connectivity index (χ4v) is 4.41. The molecule has 0 radical (unpaired) electrons. The van der Waals surface area contributed by atoms with E-state index in [1.165, 1.54) is 16.4 Å². The van der Waals surface area contributed by atoms with Gasteiger partial charge in [-0.3, -0.25) is 9.10 Å². The number of carbonyl (C=O) groups excluding carboxylic acids is 2. The molecule has 2 heterocycles. The second-order valence-corrected chi connectivity index (χ2v) is 8.42. The number of nitrogens with zero attached hydrogens (tertiary/aromatic N) is 2. The van der Waals surface area contributed by atoms with E-state index >= 15 is 0 Å². The maximum absolute atomic E-state index is 12.4. The summed E-state index contributed by atoms with van der Waals surface area (Å²) in [5, 5.41) is 6.20. The Kier molecular flexibility index (Phi) is 5.68. The third-order valence-corrected chi connectivity index (χ3v) is 6.15. The Morgan fingerprint density at radius 1 is 1.32 bits per heavy atom. The van der Waals surface area contributed by atoms with Gasteiger partial charge in [0, 0.05) is 12.6 Å². The number of aryl methyl sites for hydroxylation is 1. The summed E-state index contributed by atoms with van der Waals surface area (Å²) in [6.45, 7) is 3.83. The average Bonchev–Trinajstić information content (AvgIpc) is 3.23. The van der Waals surface area contributed by atoms with Gasteiger partial charge in [-0.15, -0.1) is 0 Å². The van der Waals surface area contributed by atoms with Crippen molar-refractivity contribution >= 4 is 33.4 Å². The van der Waals surface area contributed by atoms with Gasteiger partial charge in [-0.05, 0) is 44.0 Å². The van der Waals surface area contributed by atoms with Crippen LogP contribution in [0.1, 0.15) is 35.9 Å². The molecule has 10 heteroatoms. The molecule has 1 aromatic carbocycles. The third kappa shape index (κ3) is 4.33. The monoisotopic (exact) mass is 407 g/mol. The van der Waals surface area contributed by atoms with Crippen LogP contribution in [0.15, 0.2) is 34.9 Å². The summed E-state index contributed by atoms with van der Waals surface area (Å²) in [7, 11) is -3.28. The zero-order chi connectivity index (χ0) is 20.3. The fourth-order valence-electron chi connectivity index (χ4n) is 2.84. The van der Waals surface area contributed by atoms with Crippen LogP contribution < -0.4 is 9.62 Å². The molecule has 1 aliphatic heterocycles. The molecule has 1 aromatic heterocycles. The van der Waals surface area contributed by atoms with Crippen LogP contribution in [0.2, 0.25) is 0 Å². The van der Waals surface area contributed by atoms with E-state index in [1.54, 1.807) is 32.0 Å². The van der Waals surface area contributed by atoms with Gasteiger partial charge in [-0.2, -0.15) is 0 Å². The molecule has 1 fully saturated rings. The molecule has 9 nitrogen and oxygen atoms in total. The van der Waals surface area contributed by atoms with E-state index in [-0.39, 0.29) is 23.6 Å². The predicted molar refractivity (Wildman–Crippen MR) is 102 cm³/mol. The summed E-state index contributed by atoms with van der Waals surface area (Å²) in [5.41, 5.74) is 0.726. The fraction of sp³-hybridized carbons (Fsp3) is 0.389. The highest BCUT2D eigenvalue weighted by molar-refractivity contribution is 7.93. The Labute approximate surface area is 162 Å². The smallest absolute Gasteiger partial charge is 0.338 e. The molecule has 2 aromatic rings. The molecule has 28 heavy (non-hydrogen) atoms. The normalized spacial score (nSPS) is 16.6. The van der Waals surface area contributed by atoms with Gasteiger partial charge in [0.1, 0.15) is 5.76 Å². The maximum atomic E-state index is 12.4. The van der Waals surface area contributed by atoms with Crippen molar-refractivity contribution in [3.63, 3.8) is 0 Å². The summed E-state index contributed by atoms with van der Waals surface area (Å²) in [6, 6.07) is 7.63. The standard InChI is InChI=1S/C18H21N3O6S/c1-3-15(17(22)19-16-11-12(2)27-20-16)26-18(23)13-5-7-14(8-6-13)21-9-4-10-28(21,24)25/h5-8,11,15H,3-4,9-10H2,1-2H3,(H,19,20,22)/t15-/m0/s1. The molecular weight excluding hydrogens is 386 g/mol. The summed E-state index contributed by atoms with van der Waals surface area (Å²) in [5.74, 6) is -0.276. The number of esters is 1. The molecule has 1 atom stereocenters. The first-order valence-electron chi connectivity index (χ1n) is 8.86. The Bertz CT molecular complexity index is 967. The zero-order valence-electron chi connectivity index (χ0n) is 15.5. The van der Waals surface area contributed by atoms with Crippen LogP contribution in [-0.2, 0) is 19.6 Å². The second kappa shape index (κ2) is 8.01. The molecule has 1 aliphatic rings. The number of benzene rings is 1. The SMILES string of the molecule is CC[C@H](OC(=O)c1ccc(N2CCCS2(=O)=O)cc1)C(=O)Nc1cc(C)on1. The molecule has 0 aliphatic carbocycles. The van der Waals surface area contributed by atoms with Crippen molar-refractivity contribution in [3.05, 3.63) is 41.7 Å². The van der Waals surface area contributed by atoms with Crippen molar-refractivity contribution in [1.29, 1.82) is 0 Å². The van der Waals surface area contributed by atoms with Crippen molar-refractivity contribution < 1.29 is 27.3 Å². The van der Waals surface area contributed by atoms with Gasteiger partial charge in [0.25, 0.3) is 5.91 Å². The summed E-state index contributed by atoms with van der Waals surface area (Å²) >= 11 is 0. The van der Waals surface area contributed by atoms with Crippen LogP contribution in [0.4, 0.5) is 11.5 Å². The highest BCUT2D eigenvalue weighted by Crippen LogP contribution is 2.24. The van der Waals surface area contributed by atoms with Crippen molar-refractivity contribution in [3.8, 4) is 0 Å². The molecule has 0 unspecified atom stereocenters. The lowest BCUT2D eigenvalue weighted by Crippen LogP contribution is -2.32. The Balaban J connectivity index is 1.65. The predicted octanol–water partition coefficient (Wildman–Crippen LogP) is 2.10. The Morgan fingerprint density at radius 2 is 2.04 bits per heavy atom. The van der Waals surface area contributed by atoms with Crippen molar-refractivity contribution in [1.82, 2.24) is 5.16 Å². The van der Waals surface area contributed by atoms with Gasteiger partial charge in [0.2, 0.25) is 10.0 Å². The van der Waals surface area contributed by atoms with Crippen LogP contribution in [0.5, 0.6) is 0 Å². The minimum atomic E-state index is -3.28. The van der Waals surface area contributed by atoms with Gasteiger partial charge in [-0.25, -0.2) is 13.2 Å². The first-order chi connectivity index (χ1) is 13.3. The van der Waals surface area contributed by atoms with Gasteiger partial charge < -0.3 is 14.6 Å². The molecule has 3 rings (SSSR count). The largest absolute Gasteiger partial charge is 0.449 e. The number of carbonyl (C=O) groups is 2. The van der Waals surface area contributed by atoms with Crippen LogP contribution in [-0.4, -0.2) is 43.9 Å². The molecule has 1 saturated heterocycles. The highest BCUT2D eigenvalue weighted by atomic mass is 32.2. The lowest BCUT2D eigenvalue weighted by molar-refractivity contribution is -0.124. The van der Waals surface area contributed by atoms with E-state index in [0.29, 0.717) is 24.4 Å². The maximum Gasteiger partial charge on any atom is 0.338 e. The van der Waals surface area contributed by atoms with E-state index in [2.05, 4.69) is 10.5 Å². The Morgan fingerprint density at radius 3 is 2.57 bits per heavy atom. The third-order valence-electron chi connectivity index (χ3n) is 4.28. The van der Waals surface area contributed by atoms with Gasteiger partial charge in [0.05, 0.1) is 17.0 Å². The minimum Gasteiger partial charge on any atom is -0.449 e. The van der Waals surface area contributed by atoms with E-state index in [1.807, 2.05) is 0 Å². The number of nitrogens with one attached hydrogen (secondary N) is 1. The van der Waals surface area contributed by atoms with E-state index in [0.717, 1.165) is 0 Å². The van der Waals surface area contributed by atoms with E-state index in [9.17, 15) is 18.0 Å². The van der Waals surface area contributed by atoms with Gasteiger partial charge in [0.15, 0.2) is 11.9 Å². The molecule has 0 bridgehead atoms. The number of hydrogen-bond acceptors (Lipinski definition) is 7. The lowest BCUT2D eigenvalue weighted by Gasteiger charge is -2.18. The van der Waals surface area contributed by atoms with Gasteiger partial charge in [-0.1, -0.05) is 12.1 Å². The molecule has 150 valence electrons. The molecule has 0 saturated carbocycles. The van der Waals surface area contributed by atoms with Crippen LogP contribution >= 0.6 is 0 Å². The van der Waals surface area contributed by atoms with E-state index < -0.39 is 28.0 Å². The highest BCUT2D eigenvalue weighted by Gasteiger charge is 2.29. The minimum absolute atomic E-state index is 0.120. The summed E-state index contributed by atoms with van der Waals surface area (Å²) in [6.07, 6.45) is -0.147. The number of hydrogen-bond donors (Lipinski definition) is 1. The summed E-state index contributed by atoms with van der Waals surface area (Å²) < 4.78 is 35.4. The van der Waals surface area contributed by atoms with Crippen molar-refractivity contribution in [2.24, 2.45) is 0 Å². The van der Waals surface area contributed by atoms with Gasteiger partial charge >= 0.3 is 5.97 Å². The number of amides is 1. The van der Waals surface area contributed by atoms with Crippen LogP contribution in [0.25, 0.3) is 0 Å². The molecule has 1 N–H and O–H groups in total. The van der Waals surface area contributed by atoms with Crippen LogP contribution in [0, 0.1) is 6.92 Å². The topological polar surface area (TPSA) is 119 Å². The second-order valence-electron chi connectivity index (χ2n) is 6.40. The lowest BCUT2D eigenvalue weighted by atomic mass is 10.2. The number of anilines is 2. The number of ether oxygens (including phenoxy) is 1. The first kappa shape index (κ1) is 19.9. The van der Waals surface area contributed by atoms with Crippen molar-refractivity contribution in [2.75, 3.05) is 21.9 Å². The molecule has 1 amide bonds. The van der Waals surface area contributed by atoms with Crippen molar-refractivity contribution in [2.45, 2.75) is 32.8 Å². The number of sulfonamides is 1. The molecular formula is C18H21N3O6S. The number of aromatic nitrogens is 1. The zero-order valence-corrected chi connectivity index (χ0v) is 16.4. The summed E-state index contributed by atoms with van der Waals surface area (Å²) in [4.78, 5) is 24.6.